The summed E-state index contributed by atoms with van der Waals surface area (Å²) in [6.45, 7) is 4.26. The van der Waals surface area contributed by atoms with Crippen LogP contribution in [0.25, 0.3) is 4.85 Å². The average molecular weight is 99.2 g/mol. The molecule has 0 aromatic carbocycles. The highest BCUT2D eigenvalue weighted by Crippen LogP contribution is 1.65. The molecule has 1 fully saturated rings. The minimum Gasteiger partial charge on any atom is -0.314 e. The molecule has 0 aliphatic carbocycles. The molecule has 1 heterocycles. The van der Waals surface area contributed by atoms with E-state index in [-0.39, 0.29) is 0 Å². The normalized spacial score (nSPS) is 12.3. The lowest BCUT2D eigenvalue weighted by molar-refractivity contribution is 1.34. The second kappa shape index (κ2) is 5.45. The molecule has 0 unspecified atom stereocenters. The summed E-state index contributed by atoms with van der Waals surface area (Å²) in [5.74, 6) is 0. The molecule has 0 spiro atoms. The number of hydrogen-bond donors (Lipinski definition) is 1. The third-order valence-electron chi connectivity index (χ3n) is 0.474. The fraction of sp³-hybridized carbons (Fsp3) is 0.800. The molecule has 1 saturated heterocycles. The minimum atomic E-state index is 1.25. The Morgan fingerprint density at radius 3 is 1.86 bits per heavy atom. The van der Waals surface area contributed by atoms with E-state index >= 15 is 0 Å². The van der Waals surface area contributed by atoms with Crippen LogP contribution in [0.4, 0.5) is 0 Å². The zero-order valence-corrected chi connectivity index (χ0v) is 4.86. The Balaban J connectivity index is 0.000000105. The Morgan fingerprint density at radius 1 is 1.57 bits per heavy atom. The Hall–Kier alpha value is -0.550. The van der Waals surface area contributed by atoms with Crippen LogP contribution in [-0.2, 0) is 0 Å². The molecule has 7 heavy (non-hydrogen) atoms. The van der Waals surface area contributed by atoms with E-state index < -0.39 is 0 Å². The molecule has 0 amide bonds. The molecule has 1 aliphatic heterocycles. The third kappa shape index (κ3) is 30.9. The van der Waals surface area contributed by atoms with Crippen LogP contribution < -0.4 is 5.32 Å². The number of nitrogens with one attached hydrogen (secondary N) is 1. The summed E-state index contributed by atoms with van der Waals surface area (Å²) in [6.07, 6.45) is 0. The number of hydrogen-bond acceptors (Lipinski definition) is 1. The molecular formula is C5H11N2+. The molecule has 1 aliphatic rings. The Morgan fingerprint density at radius 2 is 1.86 bits per heavy atom. The van der Waals surface area contributed by atoms with Gasteiger partial charge in [-0.05, 0) is 0 Å². The maximum Gasteiger partial charge on any atom is 0.269 e. The van der Waals surface area contributed by atoms with Crippen molar-refractivity contribution in [2.45, 2.75) is 6.92 Å². The van der Waals surface area contributed by atoms with Gasteiger partial charge < -0.3 is 5.32 Å². The van der Waals surface area contributed by atoms with E-state index in [1.807, 2.05) is 0 Å². The fourth-order valence-electron chi connectivity index (χ4n) is 0. The van der Waals surface area contributed by atoms with Crippen LogP contribution in [0, 0.1) is 6.07 Å². The monoisotopic (exact) mass is 99.1 g/mol. The minimum absolute atomic E-state index is 1.25. The first-order valence-electron chi connectivity index (χ1n) is 2.38. The van der Waals surface area contributed by atoms with Crippen molar-refractivity contribution in [2.24, 2.45) is 0 Å². The van der Waals surface area contributed by atoms with Crippen LogP contribution in [0.1, 0.15) is 6.92 Å². The van der Waals surface area contributed by atoms with E-state index in [2.05, 4.69) is 16.2 Å². The van der Waals surface area contributed by atoms with E-state index in [9.17, 15) is 0 Å². The van der Waals surface area contributed by atoms with E-state index in [1.54, 1.807) is 14.0 Å². The zero-order valence-electron chi connectivity index (χ0n) is 4.86. The highest BCUT2D eigenvalue weighted by Gasteiger charge is 1.91. The van der Waals surface area contributed by atoms with Gasteiger partial charge in [-0.25, -0.2) is 0 Å². The van der Waals surface area contributed by atoms with Crippen molar-refractivity contribution in [2.75, 3.05) is 20.1 Å². The first kappa shape index (κ1) is 6.45. The molecule has 1 rings (SSSR count). The standard InChI is InChI=1S/C3H6N.C2H5N/c1-3-4-2;1-2-3-1/h1-2H3;3H,1-2H2/q+1;. The van der Waals surface area contributed by atoms with Crippen molar-refractivity contribution in [3.63, 3.8) is 0 Å². The van der Waals surface area contributed by atoms with Gasteiger partial charge in [0.25, 0.3) is 13.1 Å². The van der Waals surface area contributed by atoms with E-state index in [0.717, 1.165) is 0 Å². The van der Waals surface area contributed by atoms with Crippen LogP contribution in [0.2, 0.25) is 0 Å². The second-order valence-corrected chi connectivity index (χ2v) is 1.20. The van der Waals surface area contributed by atoms with Crippen molar-refractivity contribution in [3.05, 3.63) is 4.85 Å². The average Bonchev–Trinajstić information content (AvgIpc) is 2.47. The molecule has 0 radical (unpaired) electrons. The highest BCUT2D eigenvalue weighted by molar-refractivity contribution is 4.73. The maximum atomic E-state index is 3.49. The van der Waals surface area contributed by atoms with Gasteiger partial charge in [-0.2, -0.15) is 0 Å². The zero-order chi connectivity index (χ0) is 5.54. The summed E-state index contributed by atoms with van der Waals surface area (Å²) in [5, 5.41) is 3.00. The van der Waals surface area contributed by atoms with Gasteiger partial charge in [-0.3, -0.25) is 0 Å². The van der Waals surface area contributed by atoms with Gasteiger partial charge >= 0.3 is 0 Å². The summed E-state index contributed by atoms with van der Waals surface area (Å²) < 4.78 is 0. The molecule has 1 N–H and O–H groups in total. The lowest BCUT2D eigenvalue weighted by Crippen LogP contribution is -1.56. The SMILES string of the molecule is C1CN1.CC#[N+]C. The first-order chi connectivity index (χ1) is 3.41. The van der Waals surface area contributed by atoms with E-state index in [0.29, 0.717) is 0 Å². The molecule has 2 nitrogen and oxygen atoms in total. The Kier molecular flexibility index (Phi) is 5.02. The first-order valence-corrected chi connectivity index (χ1v) is 2.38. The van der Waals surface area contributed by atoms with Crippen molar-refractivity contribution in [1.82, 2.24) is 5.32 Å². The van der Waals surface area contributed by atoms with Crippen molar-refractivity contribution < 1.29 is 0 Å². The van der Waals surface area contributed by atoms with E-state index in [4.69, 9.17) is 0 Å². The van der Waals surface area contributed by atoms with Gasteiger partial charge in [-0.15, -0.1) is 0 Å². The molecule has 0 bridgehead atoms. The van der Waals surface area contributed by atoms with Crippen LogP contribution in [0.15, 0.2) is 0 Å². The maximum absolute atomic E-state index is 3.49. The Labute approximate surface area is 44.4 Å². The van der Waals surface area contributed by atoms with Crippen LogP contribution >= 0.6 is 0 Å². The van der Waals surface area contributed by atoms with Gasteiger partial charge in [0.05, 0.1) is 6.92 Å². The van der Waals surface area contributed by atoms with Crippen LogP contribution in [-0.4, -0.2) is 20.1 Å². The van der Waals surface area contributed by atoms with Gasteiger partial charge in [0.15, 0.2) is 0 Å². The number of nitrogens with zero attached hydrogens (tertiary/aromatic N) is 1. The molecule has 40 valence electrons. The van der Waals surface area contributed by atoms with Crippen LogP contribution in [0.5, 0.6) is 0 Å². The molecule has 0 atom stereocenters. The highest BCUT2D eigenvalue weighted by atomic mass is 15.0. The summed E-state index contributed by atoms with van der Waals surface area (Å²) in [4.78, 5) is 3.49. The van der Waals surface area contributed by atoms with Gasteiger partial charge in [0.1, 0.15) is 0 Å². The lowest BCUT2D eigenvalue weighted by atomic mass is 10.9. The largest absolute Gasteiger partial charge is 0.314 e. The summed E-state index contributed by atoms with van der Waals surface area (Å²) >= 11 is 0. The van der Waals surface area contributed by atoms with Crippen LogP contribution in [0.3, 0.4) is 0 Å². The summed E-state index contributed by atoms with van der Waals surface area (Å²) in [5.41, 5.74) is 0. The molecule has 2 heteroatoms. The predicted octanol–water partition coefficient (Wildman–Crippen LogP) is 0.559. The molecule has 0 aromatic rings. The van der Waals surface area contributed by atoms with Gasteiger partial charge in [0.2, 0.25) is 0 Å². The summed E-state index contributed by atoms with van der Waals surface area (Å²) in [7, 11) is 1.69. The Bertz CT molecular complexity index is 67.1. The topological polar surface area (TPSA) is 26.3 Å². The molecule has 0 saturated carbocycles. The van der Waals surface area contributed by atoms with Crippen molar-refractivity contribution in [1.29, 1.82) is 0 Å². The fourth-order valence-corrected chi connectivity index (χ4v) is 0. The predicted molar refractivity (Wildman–Crippen MR) is 31.7 cm³/mol. The second-order valence-electron chi connectivity index (χ2n) is 1.20. The van der Waals surface area contributed by atoms with E-state index in [1.165, 1.54) is 13.1 Å². The molecule has 0 aromatic heterocycles. The lowest BCUT2D eigenvalue weighted by Gasteiger charge is -1.22. The summed E-state index contributed by atoms with van der Waals surface area (Å²) in [6, 6.07) is 2.56. The van der Waals surface area contributed by atoms with Crippen molar-refractivity contribution >= 4 is 0 Å². The molecular weight excluding hydrogens is 88.1 g/mol. The van der Waals surface area contributed by atoms with Crippen molar-refractivity contribution in [3.8, 4) is 6.07 Å². The number of rotatable bonds is 0. The quantitative estimate of drug-likeness (QED) is 0.441. The van der Waals surface area contributed by atoms with Gasteiger partial charge in [-0.1, -0.05) is 4.85 Å². The smallest absolute Gasteiger partial charge is 0.269 e. The van der Waals surface area contributed by atoms with Gasteiger partial charge in [0, 0.05) is 13.1 Å². The third-order valence-corrected chi connectivity index (χ3v) is 0.474.